The molecule has 1 N–H and O–H groups in total. The van der Waals surface area contributed by atoms with Crippen LogP contribution < -0.4 is 5.32 Å². The van der Waals surface area contributed by atoms with Gasteiger partial charge in [-0.3, -0.25) is 14.5 Å². The van der Waals surface area contributed by atoms with E-state index in [1.54, 1.807) is 6.08 Å². The molecule has 0 bridgehead atoms. The molecule has 0 unspecified atom stereocenters. The van der Waals surface area contributed by atoms with Crippen LogP contribution >= 0.6 is 0 Å². The van der Waals surface area contributed by atoms with E-state index in [2.05, 4.69) is 21.7 Å². The van der Waals surface area contributed by atoms with Crippen LogP contribution in [0.3, 0.4) is 0 Å². The van der Waals surface area contributed by atoms with Crippen molar-refractivity contribution in [1.82, 2.24) is 15.1 Å². The highest BCUT2D eigenvalue weighted by Crippen LogP contribution is 2.44. The number of piperidine rings is 1. The minimum absolute atomic E-state index is 0.000548. The van der Waals surface area contributed by atoms with Crippen molar-refractivity contribution in [3.05, 3.63) is 48.3 Å². The van der Waals surface area contributed by atoms with E-state index in [9.17, 15) is 14.0 Å². The molecule has 1 saturated carbocycles. The zero-order chi connectivity index (χ0) is 19.7. The topological polar surface area (TPSA) is 52.7 Å². The van der Waals surface area contributed by atoms with Crippen molar-refractivity contribution in [2.75, 3.05) is 32.7 Å². The van der Waals surface area contributed by atoms with Gasteiger partial charge in [0.1, 0.15) is 5.82 Å². The molecule has 3 aliphatic rings. The van der Waals surface area contributed by atoms with Gasteiger partial charge in [0.05, 0.1) is 6.54 Å². The molecule has 3 fully saturated rings. The maximum atomic E-state index is 13.4. The standard InChI is InChI=1S/C22H28FN3O2/c1-2-10-24-21(27)14-25-11-9-20-19(12-25)18(15-5-7-17(23)8-6-15)13-26(20)22(28)16-3-4-16/h2,5-8,16,18-20H,1,3-4,9-14H2,(H,24,27)/t18-,19-,20-/m1/s1. The van der Waals surface area contributed by atoms with Crippen molar-refractivity contribution >= 4 is 11.8 Å². The second-order valence-electron chi connectivity index (χ2n) is 8.27. The van der Waals surface area contributed by atoms with E-state index in [0.717, 1.165) is 37.9 Å². The average Bonchev–Trinajstić information content (AvgIpc) is 3.48. The molecule has 1 aromatic carbocycles. The van der Waals surface area contributed by atoms with Gasteiger partial charge in [-0.1, -0.05) is 18.2 Å². The highest BCUT2D eigenvalue weighted by molar-refractivity contribution is 5.82. The van der Waals surface area contributed by atoms with Crippen LogP contribution in [0.2, 0.25) is 0 Å². The molecule has 6 heteroatoms. The fourth-order valence-electron chi connectivity index (χ4n) is 4.77. The quantitative estimate of drug-likeness (QED) is 0.764. The number of halogens is 1. The smallest absolute Gasteiger partial charge is 0.234 e. The van der Waals surface area contributed by atoms with Crippen molar-refractivity contribution in [2.24, 2.45) is 11.8 Å². The average molecular weight is 385 g/mol. The minimum Gasteiger partial charge on any atom is -0.352 e. The van der Waals surface area contributed by atoms with Crippen LogP contribution in [0.25, 0.3) is 0 Å². The van der Waals surface area contributed by atoms with Gasteiger partial charge in [-0.05, 0) is 37.0 Å². The van der Waals surface area contributed by atoms with Gasteiger partial charge < -0.3 is 10.2 Å². The number of hydrogen-bond acceptors (Lipinski definition) is 3. The molecule has 0 aromatic heterocycles. The predicted octanol–water partition coefficient (Wildman–Crippen LogP) is 2.15. The van der Waals surface area contributed by atoms with Gasteiger partial charge in [-0.2, -0.15) is 0 Å². The third-order valence-corrected chi connectivity index (χ3v) is 6.33. The molecule has 150 valence electrons. The lowest BCUT2D eigenvalue weighted by Gasteiger charge is -2.38. The normalized spacial score (nSPS) is 27.3. The van der Waals surface area contributed by atoms with Gasteiger partial charge in [0, 0.05) is 50.0 Å². The summed E-state index contributed by atoms with van der Waals surface area (Å²) in [5.74, 6) is 0.711. The summed E-state index contributed by atoms with van der Waals surface area (Å²) in [5.41, 5.74) is 1.08. The summed E-state index contributed by atoms with van der Waals surface area (Å²) >= 11 is 0. The van der Waals surface area contributed by atoms with Gasteiger partial charge in [0.25, 0.3) is 0 Å². The number of carbonyl (C=O) groups excluding carboxylic acids is 2. The molecule has 3 atom stereocenters. The van der Waals surface area contributed by atoms with Crippen LogP contribution in [0.5, 0.6) is 0 Å². The number of benzene rings is 1. The van der Waals surface area contributed by atoms with E-state index in [-0.39, 0.29) is 41.4 Å². The molecule has 4 rings (SSSR count). The summed E-state index contributed by atoms with van der Waals surface area (Å²) in [6.45, 7) is 6.76. The lowest BCUT2D eigenvalue weighted by molar-refractivity contribution is -0.134. The van der Waals surface area contributed by atoms with E-state index in [4.69, 9.17) is 0 Å². The number of rotatable bonds is 6. The van der Waals surface area contributed by atoms with Crippen molar-refractivity contribution in [3.8, 4) is 0 Å². The number of nitrogens with one attached hydrogen (secondary N) is 1. The first-order valence-corrected chi connectivity index (χ1v) is 10.2. The van der Waals surface area contributed by atoms with Gasteiger partial charge in [-0.25, -0.2) is 4.39 Å². The first-order valence-electron chi connectivity index (χ1n) is 10.2. The first kappa shape index (κ1) is 19.1. The molecule has 28 heavy (non-hydrogen) atoms. The molecule has 2 saturated heterocycles. The Kier molecular flexibility index (Phi) is 5.49. The number of nitrogens with zero attached hydrogens (tertiary/aromatic N) is 2. The number of likely N-dealkylation sites (tertiary alicyclic amines) is 2. The largest absolute Gasteiger partial charge is 0.352 e. The Labute approximate surface area is 165 Å². The number of fused-ring (bicyclic) bond motifs is 1. The van der Waals surface area contributed by atoms with Gasteiger partial charge in [0.15, 0.2) is 0 Å². The summed E-state index contributed by atoms with van der Waals surface area (Å²) in [4.78, 5) is 29.2. The Morgan fingerprint density at radius 2 is 1.93 bits per heavy atom. The van der Waals surface area contributed by atoms with E-state index in [1.165, 1.54) is 12.1 Å². The zero-order valence-corrected chi connectivity index (χ0v) is 16.1. The summed E-state index contributed by atoms with van der Waals surface area (Å²) in [6, 6.07) is 6.91. The SMILES string of the molecule is C=CCNC(=O)CN1CC[C@@H]2[C@H](C1)[C@@H](c1ccc(F)cc1)CN2C(=O)C1CC1. The Hall–Kier alpha value is -2.21. The predicted molar refractivity (Wildman–Crippen MR) is 105 cm³/mol. The summed E-state index contributed by atoms with van der Waals surface area (Å²) in [5, 5.41) is 2.83. The third-order valence-electron chi connectivity index (χ3n) is 6.33. The van der Waals surface area contributed by atoms with Crippen molar-refractivity contribution in [3.63, 3.8) is 0 Å². The Morgan fingerprint density at radius 3 is 2.61 bits per heavy atom. The van der Waals surface area contributed by atoms with Crippen LogP contribution in [0.1, 0.15) is 30.7 Å². The molecular weight excluding hydrogens is 357 g/mol. The molecule has 2 amide bonds. The van der Waals surface area contributed by atoms with Crippen LogP contribution in [0, 0.1) is 17.7 Å². The minimum atomic E-state index is -0.242. The number of hydrogen-bond donors (Lipinski definition) is 1. The van der Waals surface area contributed by atoms with E-state index < -0.39 is 0 Å². The molecule has 0 spiro atoms. The zero-order valence-electron chi connectivity index (χ0n) is 16.1. The maximum absolute atomic E-state index is 13.4. The third kappa shape index (κ3) is 3.97. The summed E-state index contributed by atoms with van der Waals surface area (Å²) < 4.78 is 13.4. The first-order chi connectivity index (χ1) is 13.6. The highest BCUT2D eigenvalue weighted by Gasteiger charge is 2.49. The summed E-state index contributed by atoms with van der Waals surface area (Å²) in [6.07, 6.45) is 4.57. The molecule has 1 aromatic rings. The van der Waals surface area contributed by atoms with Crippen molar-refractivity contribution in [1.29, 1.82) is 0 Å². The molecule has 0 radical (unpaired) electrons. The number of amides is 2. The number of carbonyl (C=O) groups is 2. The second-order valence-corrected chi connectivity index (χ2v) is 8.27. The van der Waals surface area contributed by atoms with Crippen LogP contribution in [-0.2, 0) is 9.59 Å². The molecular formula is C22H28FN3O2. The Bertz CT molecular complexity index is 747. The second kappa shape index (κ2) is 8.03. The van der Waals surface area contributed by atoms with Gasteiger partial charge >= 0.3 is 0 Å². The van der Waals surface area contributed by atoms with Crippen LogP contribution in [0.4, 0.5) is 4.39 Å². The molecule has 2 aliphatic heterocycles. The highest BCUT2D eigenvalue weighted by atomic mass is 19.1. The Morgan fingerprint density at radius 1 is 1.18 bits per heavy atom. The molecule has 1 aliphatic carbocycles. The van der Waals surface area contributed by atoms with E-state index >= 15 is 0 Å². The van der Waals surface area contributed by atoms with Crippen molar-refractivity contribution < 1.29 is 14.0 Å². The summed E-state index contributed by atoms with van der Waals surface area (Å²) in [7, 11) is 0. The van der Waals surface area contributed by atoms with Crippen molar-refractivity contribution in [2.45, 2.75) is 31.2 Å². The fraction of sp³-hybridized carbons (Fsp3) is 0.545. The lowest BCUT2D eigenvalue weighted by Crippen LogP contribution is -2.50. The fourth-order valence-corrected chi connectivity index (χ4v) is 4.77. The van der Waals surface area contributed by atoms with Crippen LogP contribution in [0.15, 0.2) is 36.9 Å². The lowest BCUT2D eigenvalue weighted by atomic mass is 9.82. The van der Waals surface area contributed by atoms with Gasteiger partial charge in [-0.15, -0.1) is 6.58 Å². The van der Waals surface area contributed by atoms with Crippen LogP contribution in [-0.4, -0.2) is 60.4 Å². The molecule has 5 nitrogen and oxygen atoms in total. The van der Waals surface area contributed by atoms with E-state index in [1.807, 2.05) is 12.1 Å². The molecule has 2 heterocycles. The maximum Gasteiger partial charge on any atom is 0.234 e. The van der Waals surface area contributed by atoms with Gasteiger partial charge in [0.2, 0.25) is 11.8 Å². The van der Waals surface area contributed by atoms with E-state index in [0.29, 0.717) is 19.6 Å². The Balaban J connectivity index is 1.50. The monoisotopic (exact) mass is 385 g/mol.